The highest BCUT2D eigenvalue weighted by atomic mass is 16.3. The van der Waals surface area contributed by atoms with Gasteiger partial charge in [0, 0.05) is 28.5 Å². The highest BCUT2D eigenvalue weighted by molar-refractivity contribution is 5.90. The Bertz CT molecular complexity index is 3120. The van der Waals surface area contributed by atoms with E-state index in [0.717, 1.165) is 64.6 Å². The summed E-state index contributed by atoms with van der Waals surface area (Å²) in [5, 5.41) is 82.3. The van der Waals surface area contributed by atoms with Gasteiger partial charge in [-0.1, -0.05) is 195 Å². The molecule has 8 rings (SSSR count). The zero-order valence-electron chi connectivity index (χ0n) is 47.4. The Labute approximate surface area is 447 Å². The van der Waals surface area contributed by atoms with Gasteiger partial charge in [-0.3, -0.25) is 0 Å². The van der Waals surface area contributed by atoms with E-state index >= 15 is 0 Å². The Morgan fingerprint density at radius 2 is 0.667 bits per heavy atom. The first kappa shape index (κ1) is 60.5. The summed E-state index contributed by atoms with van der Waals surface area (Å²) in [7, 11) is 0. The monoisotopic (exact) mass is 1020 g/mol. The van der Waals surface area contributed by atoms with Crippen LogP contribution < -0.4 is 0 Å². The number of benzene rings is 8. The molecule has 0 radical (unpaired) electrons. The van der Waals surface area contributed by atoms with Gasteiger partial charge < -0.3 is 40.9 Å². The highest BCUT2D eigenvalue weighted by Crippen LogP contribution is 2.42. The van der Waals surface area contributed by atoms with Crippen molar-refractivity contribution in [2.75, 3.05) is 0 Å². The molecule has 0 heterocycles. The largest absolute Gasteiger partial charge is 0.508 e. The molecule has 8 aromatic carbocycles. The summed E-state index contributed by atoms with van der Waals surface area (Å²) in [6.07, 6.45) is 5.08. The lowest BCUT2D eigenvalue weighted by molar-refractivity contribution is 0.384. The Morgan fingerprint density at radius 1 is 0.267 bits per heavy atom. The van der Waals surface area contributed by atoms with E-state index in [9.17, 15) is 30.6 Å². The molecule has 8 heteroatoms. The predicted molar refractivity (Wildman–Crippen MR) is 315 cm³/mol. The van der Waals surface area contributed by atoms with Crippen molar-refractivity contribution in [2.45, 2.75) is 163 Å². The van der Waals surface area contributed by atoms with Crippen LogP contribution in [-0.4, -0.2) is 40.9 Å². The minimum Gasteiger partial charge on any atom is -0.508 e. The molecule has 8 N–H and O–H groups in total. The number of fused-ring (bicyclic) bond motifs is 3. The molecule has 0 fully saturated rings. The third-order valence-electron chi connectivity index (χ3n) is 15.8. The van der Waals surface area contributed by atoms with E-state index in [1.54, 1.807) is 24.3 Å². The van der Waals surface area contributed by atoms with E-state index in [0.29, 0.717) is 22.8 Å². The lowest BCUT2D eigenvalue weighted by atomic mass is 9.81. The maximum atomic E-state index is 10.0. The van der Waals surface area contributed by atoms with Gasteiger partial charge in [0.25, 0.3) is 0 Å². The van der Waals surface area contributed by atoms with Crippen molar-refractivity contribution < 1.29 is 40.9 Å². The van der Waals surface area contributed by atoms with Crippen LogP contribution in [0.3, 0.4) is 0 Å². The van der Waals surface area contributed by atoms with Crippen molar-refractivity contribution >= 4 is 32.3 Å². The van der Waals surface area contributed by atoms with Gasteiger partial charge in [0.1, 0.15) is 34.5 Å². The van der Waals surface area contributed by atoms with Crippen molar-refractivity contribution in [3.8, 4) is 46.0 Å². The molecule has 8 aromatic rings. The van der Waals surface area contributed by atoms with Gasteiger partial charge in [-0.05, 0) is 139 Å². The average Bonchev–Trinajstić information content (AvgIpc) is 3.37. The fraction of sp³-hybridized carbons (Fsp3) is 0.373. The number of phenols is 8. The standard InChI is InChI=1S/3C15H18O.C11H16O3.C11H16O2/c1-4-15(2,3)13-7-5-12-10-14(16)8-6-11(12)9-13;1-4-15(2,3)12-8-9-13-11(10-12)6-5-7-14(13)16;1-4-15(2,3)12-9-11-7-5-6-8-13(11)14(16)10-12;1-4-11(2,3)10-8(13)5-7(12)6-9(10)14;1-4-11(2,3)8-5-6-9(12)10(13)7-8/h3*5-10,16H,4H2,1-3H3;5-6,12-14H,4H2,1-3H3;5-7,12-13H,4H2,1-3H3. The summed E-state index contributed by atoms with van der Waals surface area (Å²) >= 11 is 0. The first-order valence-electron chi connectivity index (χ1n) is 26.4. The summed E-state index contributed by atoms with van der Waals surface area (Å²) in [5.41, 5.74) is 5.68. The quantitative estimate of drug-likeness (QED) is 0.0628. The predicted octanol–water partition coefficient (Wildman–Crippen LogP) is 18.0. The third-order valence-corrected chi connectivity index (χ3v) is 15.8. The van der Waals surface area contributed by atoms with E-state index in [2.05, 4.69) is 119 Å². The molecule has 0 aliphatic carbocycles. The summed E-state index contributed by atoms with van der Waals surface area (Å²) in [6.45, 7) is 32.2. The molecule has 402 valence electrons. The maximum absolute atomic E-state index is 10.0. The van der Waals surface area contributed by atoms with Crippen molar-refractivity contribution in [1.29, 1.82) is 0 Å². The average molecular weight is 1020 g/mol. The zero-order chi connectivity index (χ0) is 56.3. The molecule has 0 atom stereocenters. The Morgan fingerprint density at radius 3 is 1.20 bits per heavy atom. The van der Waals surface area contributed by atoms with Crippen LogP contribution in [0.25, 0.3) is 32.3 Å². The van der Waals surface area contributed by atoms with Crippen LogP contribution in [0.2, 0.25) is 0 Å². The second-order valence-corrected chi connectivity index (χ2v) is 22.9. The minimum atomic E-state index is -0.304. The van der Waals surface area contributed by atoms with Crippen molar-refractivity contribution in [2.24, 2.45) is 0 Å². The number of hydrogen-bond donors (Lipinski definition) is 8. The van der Waals surface area contributed by atoms with E-state index < -0.39 is 0 Å². The molecule has 75 heavy (non-hydrogen) atoms. The van der Waals surface area contributed by atoms with Gasteiger partial charge in [0.2, 0.25) is 0 Å². The summed E-state index contributed by atoms with van der Waals surface area (Å²) < 4.78 is 0. The van der Waals surface area contributed by atoms with E-state index in [4.69, 9.17) is 10.2 Å². The van der Waals surface area contributed by atoms with Crippen molar-refractivity contribution in [1.82, 2.24) is 0 Å². The topological polar surface area (TPSA) is 162 Å². The smallest absolute Gasteiger partial charge is 0.157 e. The van der Waals surface area contributed by atoms with Crippen LogP contribution in [0.5, 0.6) is 46.0 Å². The lowest BCUT2D eigenvalue weighted by Crippen LogP contribution is -2.15. The van der Waals surface area contributed by atoms with Gasteiger partial charge in [-0.15, -0.1) is 0 Å². The van der Waals surface area contributed by atoms with Crippen LogP contribution in [0, 0.1) is 0 Å². The van der Waals surface area contributed by atoms with E-state index in [1.807, 2.05) is 81.4 Å². The first-order valence-corrected chi connectivity index (χ1v) is 26.4. The normalized spacial score (nSPS) is 11.8. The number of rotatable bonds is 10. The van der Waals surface area contributed by atoms with Crippen LogP contribution in [-0.2, 0) is 27.1 Å². The third kappa shape index (κ3) is 15.5. The molecule has 0 saturated heterocycles. The zero-order valence-corrected chi connectivity index (χ0v) is 47.4. The van der Waals surface area contributed by atoms with E-state index in [-0.39, 0.29) is 55.8 Å². The van der Waals surface area contributed by atoms with Crippen LogP contribution in [0.1, 0.15) is 164 Å². The summed E-state index contributed by atoms with van der Waals surface area (Å²) in [5.74, 6) is 0.719. The van der Waals surface area contributed by atoms with Gasteiger partial charge in [-0.25, -0.2) is 0 Å². The summed E-state index contributed by atoms with van der Waals surface area (Å²) in [4.78, 5) is 0. The van der Waals surface area contributed by atoms with Gasteiger partial charge in [0.15, 0.2) is 11.5 Å². The second kappa shape index (κ2) is 25.0. The molecular formula is C67H86O8. The van der Waals surface area contributed by atoms with Crippen molar-refractivity contribution in [3.05, 3.63) is 167 Å². The van der Waals surface area contributed by atoms with Gasteiger partial charge in [-0.2, -0.15) is 0 Å². The van der Waals surface area contributed by atoms with Gasteiger partial charge >= 0.3 is 0 Å². The molecule has 0 saturated carbocycles. The number of phenolic OH excluding ortho intramolecular Hbond substituents is 8. The second-order valence-electron chi connectivity index (χ2n) is 22.9. The van der Waals surface area contributed by atoms with Crippen molar-refractivity contribution in [3.63, 3.8) is 0 Å². The maximum Gasteiger partial charge on any atom is 0.157 e. The molecule has 0 aliphatic heterocycles. The minimum absolute atomic E-state index is 0.0426. The molecule has 0 aliphatic rings. The molecular weight excluding hydrogens is 933 g/mol. The van der Waals surface area contributed by atoms with Crippen LogP contribution in [0.15, 0.2) is 140 Å². The highest BCUT2D eigenvalue weighted by Gasteiger charge is 2.26. The molecule has 8 nitrogen and oxygen atoms in total. The van der Waals surface area contributed by atoms with E-state index in [1.165, 1.54) is 40.3 Å². The van der Waals surface area contributed by atoms with Crippen LogP contribution >= 0.6 is 0 Å². The number of hydrogen-bond acceptors (Lipinski definition) is 8. The fourth-order valence-electron chi connectivity index (χ4n) is 8.25. The van der Waals surface area contributed by atoms with Gasteiger partial charge in [0.05, 0.1) is 0 Å². The van der Waals surface area contributed by atoms with Crippen LogP contribution in [0.4, 0.5) is 0 Å². The molecule has 0 aromatic heterocycles. The fourth-order valence-corrected chi connectivity index (χ4v) is 8.25. The Hall–Kier alpha value is -7.06. The lowest BCUT2D eigenvalue weighted by Gasteiger charge is -2.25. The molecule has 0 amide bonds. The SMILES string of the molecule is CCC(C)(C)c1c(O)cc(O)cc1O.CCC(C)(C)c1cc(O)c2ccccc2c1.CCC(C)(C)c1ccc(O)c(O)c1.CCC(C)(C)c1ccc2c(O)cccc2c1.CCC(C)(C)c1ccc2cc(O)ccc2c1. The molecule has 0 unspecified atom stereocenters. The Kier molecular flexibility index (Phi) is 20.1. The summed E-state index contributed by atoms with van der Waals surface area (Å²) in [6, 6.07) is 43.5. The Balaban J connectivity index is 0.000000203. The molecule has 0 spiro atoms. The first-order chi connectivity index (χ1) is 35.0. The number of aromatic hydroxyl groups is 8. The molecule has 0 bridgehead atoms.